The van der Waals surface area contributed by atoms with Crippen LogP contribution in [0, 0.1) is 6.92 Å². The van der Waals surface area contributed by atoms with Crippen molar-refractivity contribution in [1.82, 2.24) is 5.32 Å². The van der Waals surface area contributed by atoms with Crippen LogP contribution in [-0.2, 0) is 0 Å². The standard InChI is InChI=1S/C15H16Br2ClNS/c1-3-7-19-14(12-8-11(18)15(17)20-12)10-6-4-5-9(2)13(10)16/h4-6,8,14,19H,3,7H2,1-2H3. The van der Waals surface area contributed by atoms with Gasteiger partial charge in [-0.1, -0.05) is 52.7 Å². The Morgan fingerprint density at radius 1 is 1.35 bits per heavy atom. The van der Waals surface area contributed by atoms with E-state index in [0.717, 1.165) is 26.2 Å². The lowest BCUT2D eigenvalue weighted by Gasteiger charge is -2.20. The zero-order valence-electron chi connectivity index (χ0n) is 11.3. The van der Waals surface area contributed by atoms with E-state index in [1.54, 1.807) is 11.3 Å². The highest BCUT2D eigenvalue weighted by molar-refractivity contribution is 9.11. The number of hydrogen-bond donors (Lipinski definition) is 1. The van der Waals surface area contributed by atoms with E-state index in [4.69, 9.17) is 11.6 Å². The molecular formula is C15H16Br2ClNS. The topological polar surface area (TPSA) is 12.0 Å². The lowest BCUT2D eigenvalue weighted by Crippen LogP contribution is -2.22. The lowest BCUT2D eigenvalue weighted by molar-refractivity contribution is 0.604. The molecule has 0 aliphatic rings. The van der Waals surface area contributed by atoms with E-state index in [1.807, 2.05) is 6.07 Å². The summed E-state index contributed by atoms with van der Waals surface area (Å²) in [6, 6.07) is 8.57. The van der Waals surface area contributed by atoms with Gasteiger partial charge in [-0.25, -0.2) is 0 Å². The summed E-state index contributed by atoms with van der Waals surface area (Å²) in [7, 11) is 0. The predicted octanol–water partition coefficient (Wildman–Crippen LogP) is 6.32. The molecule has 2 aromatic rings. The van der Waals surface area contributed by atoms with Gasteiger partial charge in [0.1, 0.15) is 0 Å². The SMILES string of the molecule is CCCNC(c1cc(Cl)c(Br)s1)c1cccc(C)c1Br. The normalized spacial score (nSPS) is 12.7. The Labute approximate surface area is 146 Å². The Balaban J connectivity index is 2.44. The number of aryl methyl sites for hydroxylation is 1. The van der Waals surface area contributed by atoms with Gasteiger partial charge in [0.05, 0.1) is 14.9 Å². The fraction of sp³-hybridized carbons (Fsp3) is 0.333. The molecule has 0 fully saturated rings. The maximum atomic E-state index is 6.19. The quantitative estimate of drug-likeness (QED) is 0.577. The molecule has 0 saturated carbocycles. The lowest BCUT2D eigenvalue weighted by atomic mass is 10.0. The zero-order chi connectivity index (χ0) is 14.7. The number of nitrogens with one attached hydrogen (secondary N) is 1. The van der Waals surface area contributed by atoms with Gasteiger partial charge in [0.15, 0.2) is 0 Å². The Morgan fingerprint density at radius 2 is 2.10 bits per heavy atom. The first-order valence-corrected chi connectivity index (χ1v) is 9.25. The fourth-order valence-electron chi connectivity index (χ4n) is 2.05. The van der Waals surface area contributed by atoms with Crippen molar-refractivity contribution in [3.8, 4) is 0 Å². The van der Waals surface area contributed by atoms with Crippen LogP contribution in [0.2, 0.25) is 5.02 Å². The number of hydrogen-bond acceptors (Lipinski definition) is 2. The van der Waals surface area contributed by atoms with Gasteiger partial charge >= 0.3 is 0 Å². The maximum absolute atomic E-state index is 6.19. The van der Waals surface area contributed by atoms with E-state index in [9.17, 15) is 0 Å². The van der Waals surface area contributed by atoms with Gasteiger partial charge in [0, 0.05) is 9.35 Å². The molecule has 0 aliphatic carbocycles. The van der Waals surface area contributed by atoms with Gasteiger partial charge in [-0.05, 0) is 53.0 Å². The Morgan fingerprint density at radius 3 is 2.70 bits per heavy atom. The molecule has 0 aliphatic heterocycles. The molecule has 0 radical (unpaired) electrons. The van der Waals surface area contributed by atoms with Crippen LogP contribution in [-0.4, -0.2) is 6.54 Å². The first-order valence-electron chi connectivity index (χ1n) is 6.47. The van der Waals surface area contributed by atoms with Gasteiger partial charge in [-0.2, -0.15) is 0 Å². The Kier molecular flexibility index (Phi) is 6.11. The van der Waals surface area contributed by atoms with Crippen LogP contribution in [0.25, 0.3) is 0 Å². The van der Waals surface area contributed by atoms with Crippen LogP contribution in [0.4, 0.5) is 0 Å². The third kappa shape index (κ3) is 3.66. The molecule has 0 bridgehead atoms. The first-order chi connectivity index (χ1) is 9.54. The van der Waals surface area contributed by atoms with Crippen molar-refractivity contribution < 1.29 is 0 Å². The van der Waals surface area contributed by atoms with Gasteiger partial charge in [0.25, 0.3) is 0 Å². The third-order valence-electron chi connectivity index (χ3n) is 3.08. The van der Waals surface area contributed by atoms with Crippen molar-refractivity contribution in [2.45, 2.75) is 26.3 Å². The van der Waals surface area contributed by atoms with Crippen molar-refractivity contribution >= 4 is 54.8 Å². The second-order valence-electron chi connectivity index (χ2n) is 4.64. The molecule has 2 rings (SSSR count). The van der Waals surface area contributed by atoms with E-state index in [-0.39, 0.29) is 6.04 Å². The highest BCUT2D eigenvalue weighted by Gasteiger charge is 2.20. The third-order valence-corrected chi connectivity index (χ3v) is 6.70. The summed E-state index contributed by atoms with van der Waals surface area (Å²) >= 11 is 15.1. The van der Waals surface area contributed by atoms with Crippen LogP contribution in [0.3, 0.4) is 0 Å². The summed E-state index contributed by atoms with van der Waals surface area (Å²) in [5.74, 6) is 0. The van der Waals surface area contributed by atoms with Crippen molar-refractivity contribution in [1.29, 1.82) is 0 Å². The zero-order valence-corrected chi connectivity index (χ0v) is 16.1. The Bertz CT molecular complexity index is 578. The molecular weight excluding hydrogens is 422 g/mol. The van der Waals surface area contributed by atoms with Crippen LogP contribution >= 0.6 is 54.8 Å². The van der Waals surface area contributed by atoms with Crippen molar-refractivity contribution in [2.75, 3.05) is 6.54 Å². The highest BCUT2D eigenvalue weighted by atomic mass is 79.9. The van der Waals surface area contributed by atoms with Crippen LogP contribution < -0.4 is 5.32 Å². The summed E-state index contributed by atoms with van der Waals surface area (Å²) in [6.45, 7) is 5.26. The molecule has 5 heteroatoms. The molecule has 0 saturated heterocycles. The Hall–Kier alpha value is 0.130. The van der Waals surface area contributed by atoms with Crippen molar-refractivity contribution in [3.05, 3.63) is 53.6 Å². The molecule has 0 spiro atoms. The first kappa shape index (κ1) is 16.5. The molecule has 20 heavy (non-hydrogen) atoms. The van der Waals surface area contributed by atoms with E-state index in [1.165, 1.54) is 16.0 Å². The smallest absolute Gasteiger partial charge is 0.0888 e. The van der Waals surface area contributed by atoms with Gasteiger partial charge in [-0.3, -0.25) is 0 Å². The molecule has 1 nitrogen and oxygen atoms in total. The van der Waals surface area contributed by atoms with Gasteiger partial charge < -0.3 is 5.32 Å². The van der Waals surface area contributed by atoms with E-state index < -0.39 is 0 Å². The van der Waals surface area contributed by atoms with Crippen LogP contribution in [0.1, 0.15) is 35.4 Å². The minimum Gasteiger partial charge on any atom is -0.306 e. The minimum atomic E-state index is 0.165. The molecule has 1 aromatic carbocycles. The number of benzene rings is 1. The average Bonchev–Trinajstić information content (AvgIpc) is 2.74. The molecule has 1 unspecified atom stereocenters. The summed E-state index contributed by atoms with van der Waals surface area (Å²) in [4.78, 5) is 1.22. The number of rotatable bonds is 5. The molecule has 1 heterocycles. The fourth-order valence-corrected chi connectivity index (χ4v) is 4.39. The van der Waals surface area contributed by atoms with E-state index in [0.29, 0.717) is 0 Å². The van der Waals surface area contributed by atoms with Gasteiger partial charge in [0.2, 0.25) is 0 Å². The number of halogens is 3. The average molecular weight is 438 g/mol. The largest absolute Gasteiger partial charge is 0.306 e. The summed E-state index contributed by atoms with van der Waals surface area (Å²) in [5.41, 5.74) is 2.50. The molecule has 1 aromatic heterocycles. The summed E-state index contributed by atoms with van der Waals surface area (Å²) in [5, 5.41) is 4.39. The van der Waals surface area contributed by atoms with Gasteiger partial charge in [-0.15, -0.1) is 11.3 Å². The molecule has 1 N–H and O–H groups in total. The monoisotopic (exact) mass is 435 g/mol. The molecule has 0 amide bonds. The van der Waals surface area contributed by atoms with E-state index in [2.05, 4.69) is 69.2 Å². The highest BCUT2D eigenvalue weighted by Crippen LogP contribution is 2.39. The summed E-state index contributed by atoms with van der Waals surface area (Å²) in [6.07, 6.45) is 1.10. The van der Waals surface area contributed by atoms with Crippen LogP contribution in [0.5, 0.6) is 0 Å². The van der Waals surface area contributed by atoms with Crippen LogP contribution in [0.15, 0.2) is 32.5 Å². The van der Waals surface area contributed by atoms with Crippen molar-refractivity contribution in [2.24, 2.45) is 0 Å². The van der Waals surface area contributed by atoms with Crippen molar-refractivity contribution in [3.63, 3.8) is 0 Å². The molecule has 108 valence electrons. The second kappa shape index (κ2) is 7.41. The number of thiophene rings is 1. The van der Waals surface area contributed by atoms with E-state index >= 15 is 0 Å². The summed E-state index contributed by atoms with van der Waals surface area (Å²) < 4.78 is 2.15. The predicted molar refractivity (Wildman–Crippen MR) is 96.0 cm³/mol. The molecule has 1 atom stereocenters. The second-order valence-corrected chi connectivity index (χ2v) is 8.24. The maximum Gasteiger partial charge on any atom is 0.0888 e. The minimum absolute atomic E-state index is 0.165.